The first-order valence-electron chi connectivity index (χ1n) is 6.85. The van der Waals surface area contributed by atoms with Crippen molar-refractivity contribution in [3.05, 3.63) is 21.9 Å². The van der Waals surface area contributed by atoms with Crippen LogP contribution >= 0.6 is 11.3 Å². The molecule has 1 N–H and O–H groups in total. The summed E-state index contributed by atoms with van der Waals surface area (Å²) in [6.07, 6.45) is 4.28. The Balaban J connectivity index is 1.80. The van der Waals surface area contributed by atoms with Crippen LogP contribution in [0.5, 0.6) is 0 Å². The van der Waals surface area contributed by atoms with Gasteiger partial charge in [-0.05, 0) is 37.8 Å². The molecule has 1 aliphatic rings. The van der Waals surface area contributed by atoms with E-state index < -0.39 is 0 Å². The lowest BCUT2D eigenvalue weighted by molar-refractivity contribution is -0.130. The smallest absolute Gasteiger partial charge is 0.261 e. The van der Waals surface area contributed by atoms with E-state index in [0.717, 1.165) is 32.4 Å². The summed E-state index contributed by atoms with van der Waals surface area (Å²) in [6.45, 7) is 3.83. The highest BCUT2D eigenvalue weighted by atomic mass is 32.1. The molecular formula is C14H20N2O2S. The van der Waals surface area contributed by atoms with E-state index in [1.165, 1.54) is 22.6 Å². The number of rotatable bonds is 4. The molecule has 19 heavy (non-hydrogen) atoms. The number of carbonyl (C=O) groups excluding carboxylic acids is 2. The number of thiophene rings is 1. The van der Waals surface area contributed by atoms with Crippen molar-refractivity contribution >= 4 is 23.2 Å². The van der Waals surface area contributed by atoms with E-state index in [-0.39, 0.29) is 18.4 Å². The van der Waals surface area contributed by atoms with Crippen LogP contribution in [0, 0.1) is 0 Å². The van der Waals surface area contributed by atoms with Crippen LogP contribution in [-0.2, 0) is 11.2 Å². The Morgan fingerprint density at radius 3 is 2.63 bits per heavy atom. The molecule has 0 unspecified atom stereocenters. The fraction of sp³-hybridized carbons (Fsp3) is 0.571. The Morgan fingerprint density at radius 2 is 2.00 bits per heavy atom. The van der Waals surface area contributed by atoms with Crippen LogP contribution < -0.4 is 5.32 Å². The first kappa shape index (κ1) is 14.1. The Morgan fingerprint density at radius 1 is 1.26 bits per heavy atom. The van der Waals surface area contributed by atoms with Gasteiger partial charge in [0.2, 0.25) is 5.91 Å². The van der Waals surface area contributed by atoms with Gasteiger partial charge in [0, 0.05) is 18.0 Å². The largest absolute Gasteiger partial charge is 0.342 e. The Hall–Kier alpha value is -1.36. The molecule has 4 nitrogen and oxygen atoms in total. The molecule has 104 valence electrons. The number of likely N-dealkylation sites (tertiary alicyclic amines) is 1. The SMILES string of the molecule is CCc1ccc(C(=O)NCC(=O)N2CCCCC2)s1. The molecule has 1 fully saturated rings. The summed E-state index contributed by atoms with van der Waals surface area (Å²) in [7, 11) is 0. The number of aryl methyl sites for hydroxylation is 1. The second-order valence-electron chi connectivity index (χ2n) is 4.74. The molecule has 0 spiro atoms. The van der Waals surface area contributed by atoms with E-state index in [2.05, 4.69) is 12.2 Å². The van der Waals surface area contributed by atoms with Crippen molar-refractivity contribution in [1.29, 1.82) is 0 Å². The number of hydrogen-bond acceptors (Lipinski definition) is 3. The lowest BCUT2D eigenvalue weighted by Gasteiger charge is -2.26. The fourth-order valence-electron chi connectivity index (χ4n) is 2.19. The first-order chi connectivity index (χ1) is 9.20. The van der Waals surface area contributed by atoms with Gasteiger partial charge < -0.3 is 10.2 Å². The molecule has 5 heteroatoms. The van der Waals surface area contributed by atoms with Gasteiger partial charge in [0.15, 0.2) is 0 Å². The van der Waals surface area contributed by atoms with Gasteiger partial charge in [-0.1, -0.05) is 6.92 Å². The number of carbonyl (C=O) groups is 2. The van der Waals surface area contributed by atoms with Crippen LogP contribution in [0.4, 0.5) is 0 Å². The molecule has 1 saturated heterocycles. The quantitative estimate of drug-likeness (QED) is 0.917. The van der Waals surface area contributed by atoms with Crippen LogP contribution in [0.3, 0.4) is 0 Å². The van der Waals surface area contributed by atoms with E-state index in [1.54, 1.807) is 0 Å². The molecule has 0 saturated carbocycles. The lowest BCUT2D eigenvalue weighted by atomic mass is 10.1. The molecular weight excluding hydrogens is 260 g/mol. The van der Waals surface area contributed by atoms with E-state index in [4.69, 9.17) is 0 Å². The molecule has 0 bridgehead atoms. The molecule has 0 aromatic carbocycles. The van der Waals surface area contributed by atoms with Crippen LogP contribution in [0.25, 0.3) is 0 Å². The highest BCUT2D eigenvalue weighted by Gasteiger charge is 2.17. The predicted molar refractivity (Wildman–Crippen MR) is 76.5 cm³/mol. The first-order valence-corrected chi connectivity index (χ1v) is 7.67. The normalized spacial score (nSPS) is 15.3. The highest BCUT2D eigenvalue weighted by Crippen LogP contribution is 2.16. The van der Waals surface area contributed by atoms with Gasteiger partial charge in [0.05, 0.1) is 11.4 Å². The Labute approximate surface area is 117 Å². The van der Waals surface area contributed by atoms with Gasteiger partial charge in [-0.25, -0.2) is 0 Å². The van der Waals surface area contributed by atoms with E-state index in [1.807, 2.05) is 17.0 Å². The maximum Gasteiger partial charge on any atom is 0.261 e. The van der Waals surface area contributed by atoms with Gasteiger partial charge in [-0.2, -0.15) is 0 Å². The number of amides is 2. The van der Waals surface area contributed by atoms with Gasteiger partial charge in [0.1, 0.15) is 0 Å². The summed E-state index contributed by atoms with van der Waals surface area (Å²) in [5.41, 5.74) is 0. The maximum atomic E-state index is 11.9. The second-order valence-corrected chi connectivity index (χ2v) is 5.91. The molecule has 1 aliphatic heterocycles. The molecule has 2 heterocycles. The van der Waals surface area contributed by atoms with E-state index in [9.17, 15) is 9.59 Å². The third-order valence-electron chi connectivity index (χ3n) is 3.34. The van der Waals surface area contributed by atoms with Crippen molar-refractivity contribution in [2.75, 3.05) is 19.6 Å². The minimum Gasteiger partial charge on any atom is -0.342 e. The predicted octanol–water partition coefficient (Wildman–Crippen LogP) is 2.05. The van der Waals surface area contributed by atoms with Crippen LogP contribution in [0.2, 0.25) is 0 Å². The summed E-state index contributed by atoms with van der Waals surface area (Å²) >= 11 is 1.49. The maximum absolute atomic E-state index is 11.9. The van der Waals surface area contributed by atoms with Crippen LogP contribution in [-0.4, -0.2) is 36.3 Å². The zero-order valence-electron chi connectivity index (χ0n) is 11.3. The molecule has 0 aliphatic carbocycles. The van der Waals surface area contributed by atoms with E-state index >= 15 is 0 Å². The number of nitrogens with zero attached hydrogens (tertiary/aromatic N) is 1. The molecule has 2 rings (SSSR count). The fourth-order valence-corrected chi connectivity index (χ4v) is 3.05. The van der Waals surface area contributed by atoms with Crippen molar-refractivity contribution in [1.82, 2.24) is 10.2 Å². The van der Waals surface area contributed by atoms with Gasteiger partial charge >= 0.3 is 0 Å². The average Bonchev–Trinajstić information content (AvgIpc) is 2.94. The molecule has 2 amide bonds. The second kappa shape index (κ2) is 6.70. The van der Waals surface area contributed by atoms with E-state index in [0.29, 0.717) is 4.88 Å². The zero-order chi connectivity index (χ0) is 13.7. The average molecular weight is 280 g/mol. The van der Waals surface area contributed by atoms with Crippen LogP contribution in [0.15, 0.2) is 12.1 Å². The zero-order valence-corrected chi connectivity index (χ0v) is 12.1. The lowest BCUT2D eigenvalue weighted by Crippen LogP contribution is -2.42. The topological polar surface area (TPSA) is 49.4 Å². The van der Waals surface area contributed by atoms with Crippen molar-refractivity contribution in [3.8, 4) is 0 Å². The van der Waals surface area contributed by atoms with Crippen LogP contribution in [0.1, 0.15) is 40.7 Å². The third-order valence-corrected chi connectivity index (χ3v) is 4.57. The minimum absolute atomic E-state index is 0.0281. The minimum atomic E-state index is -0.143. The third kappa shape index (κ3) is 3.80. The standard InChI is InChI=1S/C14H20N2O2S/c1-2-11-6-7-12(19-11)14(18)15-10-13(17)16-8-4-3-5-9-16/h6-7H,2-5,8-10H2,1H3,(H,15,18). The Bertz CT molecular complexity index is 450. The van der Waals surface area contributed by atoms with Crippen molar-refractivity contribution in [2.45, 2.75) is 32.6 Å². The summed E-state index contributed by atoms with van der Waals surface area (Å²) in [5, 5.41) is 2.71. The number of nitrogens with one attached hydrogen (secondary N) is 1. The summed E-state index contributed by atoms with van der Waals surface area (Å²) in [4.78, 5) is 27.5. The Kier molecular flexibility index (Phi) is 4.96. The highest BCUT2D eigenvalue weighted by molar-refractivity contribution is 7.14. The molecule has 0 radical (unpaired) electrons. The van der Waals surface area contributed by atoms with Crippen molar-refractivity contribution in [2.24, 2.45) is 0 Å². The molecule has 0 atom stereocenters. The molecule has 1 aromatic heterocycles. The number of piperidine rings is 1. The summed E-state index contributed by atoms with van der Waals surface area (Å²) in [6, 6.07) is 3.79. The van der Waals surface area contributed by atoms with Gasteiger partial charge in [0.25, 0.3) is 5.91 Å². The summed E-state index contributed by atoms with van der Waals surface area (Å²) in [5.74, 6) is -0.115. The van der Waals surface area contributed by atoms with Gasteiger partial charge in [-0.3, -0.25) is 9.59 Å². The van der Waals surface area contributed by atoms with Crippen molar-refractivity contribution in [3.63, 3.8) is 0 Å². The number of hydrogen-bond donors (Lipinski definition) is 1. The molecule has 1 aromatic rings. The summed E-state index contributed by atoms with van der Waals surface area (Å²) < 4.78 is 0. The van der Waals surface area contributed by atoms with Crippen molar-refractivity contribution < 1.29 is 9.59 Å². The monoisotopic (exact) mass is 280 g/mol. The van der Waals surface area contributed by atoms with Gasteiger partial charge in [-0.15, -0.1) is 11.3 Å².